The number of aliphatic carboxylic acids is 1. The molecule has 1 atom stereocenters. The summed E-state index contributed by atoms with van der Waals surface area (Å²) in [5.74, 6) is 0.0829. The van der Waals surface area contributed by atoms with Gasteiger partial charge in [-0.25, -0.2) is 0 Å². The average molecular weight is 311 g/mol. The number of allylic oxidation sites excluding steroid dienone is 2. The van der Waals surface area contributed by atoms with E-state index in [4.69, 9.17) is 5.11 Å². The van der Waals surface area contributed by atoms with Crippen molar-refractivity contribution in [1.29, 1.82) is 0 Å². The van der Waals surface area contributed by atoms with Crippen molar-refractivity contribution in [3.63, 3.8) is 0 Å². The predicted molar refractivity (Wildman–Crippen MR) is 96.3 cm³/mol. The third-order valence-corrected chi connectivity index (χ3v) is 4.37. The smallest absolute Gasteiger partial charge is 0.303 e. The summed E-state index contributed by atoms with van der Waals surface area (Å²) in [6.45, 7) is 4.52. The molecule has 0 saturated heterocycles. The number of carbonyl (C=O) groups is 1. The number of unbranched alkanes of at least 4 members (excludes halogenated alkanes) is 11. The molecule has 2 heteroatoms. The Balaban J connectivity index is 3.08. The summed E-state index contributed by atoms with van der Waals surface area (Å²) in [6, 6.07) is 0. The molecular formula is C20H38O2. The quantitative estimate of drug-likeness (QED) is 0.253. The Hall–Kier alpha value is -0.790. The van der Waals surface area contributed by atoms with Crippen molar-refractivity contribution < 1.29 is 9.90 Å². The van der Waals surface area contributed by atoms with Gasteiger partial charge in [0.1, 0.15) is 0 Å². The molecular weight excluding hydrogens is 272 g/mol. The van der Waals surface area contributed by atoms with E-state index < -0.39 is 5.97 Å². The fourth-order valence-electron chi connectivity index (χ4n) is 2.59. The molecule has 0 aliphatic carbocycles. The average Bonchev–Trinajstić information content (AvgIpc) is 2.50. The summed E-state index contributed by atoms with van der Waals surface area (Å²) in [4.78, 5) is 10.4. The van der Waals surface area contributed by atoms with E-state index in [0.29, 0.717) is 6.42 Å². The fraction of sp³-hybridized carbons (Fsp3) is 0.850. The van der Waals surface area contributed by atoms with Crippen LogP contribution < -0.4 is 0 Å². The van der Waals surface area contributed by atoms with Crippen LogP contribution >= 0.6 is 0 Å². The molecule has 0 amide bonds. The molecule has 1 N–H and O–H groups in total. The van der Waals surface area contributed by atoms with Gasteiger partial charge in [0.25, 0.3) is 0 Å². The van der Waals surface area contributed by atoms with E-state index in [1.807, 2.05) is 0 Å². The van der Waals surface area contributed by atoms with Gasteiger partial charge in [-0.1, -0.05) is 90.2 Å². The maximum Gasteiger partial charge on any atom is 0.303 e. The Morgan fingerprint density at radius 2 is 1.32 bits per heavy atom. The molecule has 22 heavy (non-hydrogen) atoms. The largest absolute Gasteiger partial charge is 0.481 e. The second kappa shape index (κ2) is 16.6. The van der Waals surface area contributed by atoms with Gasteiger partial charge in [-0.3, -0.25) is 4.79 Å². The first-order valence-corrected chi connectivity index (χ1v) is 9.55. The minimum atomic E-state index is -0.657. The van der Waals surface area contributed by atoms with E-state index in [0.717, 1.165) is 18.8 Å². The zero-order valence-corrected chi connectivity index (χ0v) is 15.0. The molecule has 2 nitrogen and oxygen atoms in total. The van der Waals surface area contributed by atoms with Gasteiger partial charge in [0.05, 0.1) is 0 Å². The van der Waals surface area contributed by atoms with Crippen LogP contribution in [0.4, 0.5) is 0 Å². The number of carboxylic acid groups (broad SMARTS) is 1. The standard InChI is InChI=1S/C20H38O2/c1-3-19(2)17-15-13-11-9-7-5-4-6-8-10-12-14-16-18-20(21)22/h15,17,19H,3-14,16,18H2,1-2H3,(H,21,22). The summed E-state index contributed by atoms with van der Waals surface area (Å²) >= 11 is 0. The lowest BCUT2D eigenvalue weighted by Gasteiger charge is -2.02. The van der Waals surface area contributed by atoms with Gasteiger partial charge in [-0.15, -0.1) is 0 Å². The van der Waals surface area contributed by atoms with E-state index in [1.54, 1.807) is 0 Å². The summed E-state index contributed by atoms with van der Waals surface area (Å²) in [5.41, 5.74) is 0. The maximum atomic E-state index is 10.4. The molecule has 130 valence electrons. The molecule has 0 bridgehead atoms. The highest BCUT2D eigenvalue weighted by atomic mass is 16.4. The van der Waals surface area contributed by atoms with Crippen LogP contribution in [0.15, 0.2) is 12.2 Å². The first-order valence-electron chi connectivity index (χ1n) is 9.55. The van der Waals surface area contributed by atoms with Crippen molar-refractivity contribution in [1.82, 2.24) is 0 Å². The van der Waals surface area contributed by atoms with Gasteiger partial charge in [-0.2, -0.15) is 0 Å². The predicted octanol–water partition coefficient (Wildman–Crippen LogP) is 6.74. The van der Waals surface area contributed by atoms with Gasteiger partial charge in [0, 0.05) is 6.42 Å². The monoisotopic (exact) mass is 310 g/mol. The highest BCUT2D eigenvalue weighted by molar-refractivity contribution is 5.66. The summed E-state index contributed by atoms with van der Waals surface area (Å²) in [7, 11) is 0. The zero-order chi connectivity index (χ0) is 16.5. The Labute approximate surface area is 138 Å². The summed E-state index contributed by atoms with van der Waals surface area (Å²) in [5, 5.41) is 8.54. The number of hydrogen-bond acceptors (Lipinski definition) is 1. The van der Waals surface area contributed by atoms with Crippen LogP contribution in [-0.2, 0) is 4.79 Å². The normalized spacial score (nSPS) is 12.8. The van der Waals surface area contributed by atoms with E-state index in [2.05, 4.69) is 26.0 Å². The lowest BCUT2D eigenvalue weighted by Crippen LogP contribution is -1.93. The molecule has 0 aliphatic rings. The third-order valence-electron chi connectivity index (χ3n) is 4.37. The maximum absolute atomic E-state index is 10.4. The van der Waals surface area contributed by atoms with Crippen LogP contribution in [0.1, 0.15) is 104 Å². The van der Waals surface area contributed by atoms with Gasteiger partial charge < -0.3 is 5.11 Å². The van der Waals surface area contributed by atoms with Crippen molar-refractivity contribution >= 4 is 5.97 Å². The Morgan fingerprint density at radius 1 is 0.864 bits per heavy atom. The molecule has 0 saturated carbocycles. The van der Waals surface area contributed by atoms with E-state index in [1.165, 1.54) is 70.6 Å². The van der Waals surface area contributed by atoms with Crippen LogP contribution in [0.2, 0.25) is 0 Å². The lowest BCUT2D eigenvalue weighted by atomic mass is 10.0. The van der Waals surface area contributed by atoms with E-state index >= 15 is 0 Å². The first-order chi connectivity index (χ1) is 10.7. The van der Waals surface area contributed by atoms with Crippen LogP contribution in [-0.4, -0.2) is 11.1 Å². The highest BCUT2D eigenvalue weighted by Crippen LogP contribution is 2.13. The SMILES string of the molecule is CCC(C)C=CCCCCCCCCCCCCCC(=O)O. The minimum Gasteiger partial charge on any atom is -0.481 e. The number of hydrogen-bond donors (Lipinski definition) is 1. The number of carboxylic acids is 1. The molecule has 0 spiro atoms. The molecule has 0 fully saturated rings. The van der Waals surface area contributed by atoms with Gasteiger partial charge in [-0.05, 0) is 25.2 Å². The fourth-order valence-corrected chi connectivity index (χ4v) is 2.59. The summed E-state index contributed by atoms with van der Waals surface area (Å²) < 4.78 is 0. The Kier molecular flexibility index (Phi) is 16.0. The van der Waals surface area contributed by atoms with Gasteiger partial charge in [0.2, 0.25) is 0 Å². The minimum absolute atomic E-state index is 0.340. The molecule has 0 aliphatic heterocycles. The van der Waals surface area contributed by atoms with Crippen molar-refractivity contribution in [3.8, 4) is 0 Å². The molecule has 0 aromatic carbocycles. The van der Waals surface area contributed by atoms with Crippen molar-refractivity contribution in [2.45, 2.75) is 104 Å². The molecule has 0 rings (SSSR count). The Bertz CT molecular complexity index is 271. The second-order valence-corrected chi connectivity index (χ2v) is 6.64. The third kappa shape index (κ3) is 17.3. The molecule has 0 radical (unpaired) electrons. The molecule has 1 unspecified atom stereocenters. The topological polar surface area (TPSA) is 37.3 Å². The van der Waals surface area contributed by atoms with Crippen molar-refractivity contribution in [2.24, 2.45) is 5.92 Å². The van der Waals surface area contributed by atoms with Crippen molar-refractivity contribution in [2.75, 3.05) is 0 Å². The highest BCUT2D eigenvalue weighted by Gasteiger charge is 1.97. The van der Waals surface area contributed by atoms with Crippen molar-refractivity contribution in [3.05, 3.63) is 12.2 Å². The number of rotatable bonds is 16. The zero-order valence-electron chi connectivity index (χ0n) is 15.0. The second-order valence-electron chi connectivity index (χ2n) is 6.64. The summed E-state index contributed by atoms with van der Waals surface area (Å²) in [6.07, 6.45) is 21.5. The van der Waals surface area contributed by atoms with E-state index in [9.17, 15) is 4.79 Å². The van der Waals surface area contributed by atoms with Gasteiger partial charge >= 0.3 is 5.97 Å². The van der Waals surface area contributed by atoms with Gasteiger partial charge in [0.15, 0.2) is 0 Å². The van der Waals surface area contributed by atoms with Crippen LogP contribution in [0, 0.1) is 5.92 Å². The molecule has 0 aromatic heterocycles. The lowest BCUT2D eigenvalue weighted by molar-refractivity contribution is -0.137. The van der Waals surface area contributed by atoms with Crippen LogP contribution in [0.3, 0.4) is 0 Å². The van der Waals surface area contributed by atoms with Crippen LogP contribution in [0.25, 0.3) is 0 Å². The van der Waals surface area contributed by atoms with Crippen LogP contribution in [0.5, 0.6) is 0 Å². The Morgan fingerprint density at radius 3 is 1.77 bits per heavy atom. The molecule has 0 heterocycles. The first kappa shape index (κ1) is 21.2. The van der Waals surface area contributed by atoms with E-state index in [-0.39, 0.29) is 0 Å². The molecule has 0 aromatic rings.